The summed E-state index contributed by atoms with van der Waals surface area (Å²) in [5.74, 6) is -1.49. The van der Waals surface area contributed by atoms with Gasteiger partial charge in [0.05, 0.1) is 17.0 Å². The number of nitrogens with one attached hydrogen (secondary N) is 1. The first-order chi connectivity index (χ1) is 13.0. The van der Waals surface area contributed by atoms with Crippen LogP contribution in [0.4, 0.5) is 10.1 Å². The summed E-state index contributed by atoms with van der Waals surface area (Å²) >= 11 is 0. The minimum atomic E-state index is -1.03. The van der Waals surface area contributed by atoms with E-state index < -0.39 is 29.7 Å². The van der Waals surface area contributed by atoms with Gasteiger partial charge >= 0.3 is 5.97 Å². The second-order valence-electron chi connectivity index (χ2n) is 6.58. The van der Waals surface area contributed by atoms with Gasteiger partial charge in [-0.3, -0.25) is 9.59 Å². The van der Waals surface area contributed by atoms with E-state index in [0.29, 0.717) is 29.7 Å². The third-order valence-electron chi connectivity index (χ3n) is 4.87. The Labute approximate surface area is 156 Å². The third-order valence-corrected chi connectivity index (χ3v) is 4.87. The van der Waals surface area contributed by atoms with Crippen molar-refractivity contribution in [3.05, 3.63) is 65.5 Å². The van der Waals surface area contributed by atoms with E-state index in [4.69, 9.17) is 10.00 Å². The van der Waals surface area contributed by atoms with Crippen LogP contribution in [-0.2, 0) is 19.7 Å². The largest absolute Gasteiger partial charge is 0.455 e. The lowest BCUT2D eigenvalue weighted by Gasteiger charge is -2.27. The molecule has 1 fully saturated rings. The topological polar surface area (TPSA) is 79.2 Å². The Hall–Kier alpha value is -3.20. The Kier molecular flexibility index (Phi) is 5.51. The number of ether oxygens (including phenoxy) is 1. The van der Waals surface area contributed by atoms with Crippen molar-refractivity contribution in [3.8, 4) is 6.07 Å². The van der Waals surface area contributed by atoms with Crippen LogP contribution in [0, 0.1) is 17.1 Å². The molecule has 1 N–H and O–H groups in total. The molecule has 1 saturated carbocycles. The van der Waals surface area contributed by atoms with Crippen LogP contribution < -0.4 is 5.32 Å². The molecule has 1 aliphatic carbocycles. The van der Waals surface area contributed by atoms with Crippen LogP contribution in [0.5, 0.6) is 0 Å². The van der Waals surface area contributed by atoms with Crippen molar-refractivity contribution in [2.24, 2.45) is 0 Å². The molecule has 0 radical (unpaired) electrons. The number of carbonyl (C=O) groups excluding carboxylic acids is 2. The zero-order valence-electron chi connectivity index (χ0n) is 14.7. The van der Waals surface area contributed by atoms with E-state index in [0.717, 1.165) is 12.8 Å². The minimum absolute atomic E-state index is 0.333. The molecule has 0 saturated heterocycles. The first-order valence-corrected chi connectivity index (χ1v) is 8.77. The van der Waals surface area contributed by atoms with Crippen molar-refractivity contribution in [1.82, 2.24) is 0 Å². The molecule has 138 valence electrons. The summed E-state index contributed by atoms with van der Waals surface area (Å²) < 4.78 is 19.5. The van der Waals surface area contributed by atoms with Crippen LogP contribution in [0.25, 0.3) is 0 Å². The predicted octanol–water partition coefficient (Wildman–Crippen LogP) is 3.69. The van der Waals surface area contributed by atoms with Gasteiger partial charge in [0.1, 0.15) is 5.82 Å². The highest BCUT2D eigenvalue weighted by Gasteiger charge is 2.45. The molecule has 2 aromatic rings. The number of anilines is 1. The van der Waals surface area contributed by atoms with Crippen molar-refractivity contribution in [2.45, 2.75) is 31.1 Å². The molecule has 3 rings (SSSR count). The lowest BCUT2D eigenvalue weighted by atomic mass is 9.78. The fourth-order valence-electron chi connectivity index (χ4n) is 3.51. The van der Waals surface area contributed by atoms with Gasteiger partial charge in [0, 0.05) is 11.3 Å². The van der Waals surface area contributed by atoms with E-state index in [2.05, 4.69) is 5.32 Å². The minimum Gasteiger partial charge on any atom is -0.455 e. The van der Waals surface area contributed by atoms with Gasteiger partial charge in [-0.25, -0.2) is 4.39 Å². The zero-order valence-corrected chi connectivity index (χ0v) is 14.7. The average molecular weight is 366 g/mol. The maximum absolute atomic E-state index is 14.3. The number of nitriles is 1. The molecule has 0 atom stereocenters. The van der Waals surface area contributed by atoms with Crippen LogP contribution in [0.3, 0.4) is 0 Å². The highest BCUT2D eigenvalue weighted by atomic mass is 19.1. The molecule has 0 aromatic heterocycles. The fourth-order valence-corrected chi connectivity index (χ4v) is 3.51. The molecule has 0 heterocycles. The molecule has 1 amide bonds. The number of amides is 1. The molecule has 0 spiro atoms. The van der Waals surface area contributed by atoms with Crippen LogP contribution in [0.1, 0.15) is 36.8 Å². The number of halogens is 1. The summed E-state index contributed by atoms with van der Waals surface area (Å²) in [6, 6.07) is 14.6. The highest BCUT2D eigenvalue weighted by Crippen LogP contribution is 2.43. The van der Waals surface area contributed by atoms with Crippen molar-refractivity contribution in [1.29, 1.82) is 5.26 Å². The normalized spacial score (nSPS) is 15.0. The fraction of sp³-hybridized carbons (Fsp3) is 0.286. The number of carbonyl (C=O) groups is 2. The van der Waals surface area contributed by atoms with E-state index >= 15 is 0 Å². The quantitative estimate of drug-likeness (QED) is 0.819. The summed E-state index contributed by atoms with van der Waals surface area (Å²) in [7, 11) is 0. The van der Waals surface area contributed by atoms with Crippen molar-refractivity contribution in [2.75, 3.05) is 11.9 Å². The Balaban J connectivity index is 1.65. The average Bonchev–Trinajstić information content (AvgIpc) is 3.18. The van der Waals surface area contributed by atoms with Gasteiger partial charge in [0.15, 0.2) is 6.61 Å². The van der Waals surface area contributed by atoms with Crippen molar-refractivity contribution < 1.29 is 18.7 Å². The summed E-state index contributed by atoms with van der Waals surface area (Å²) in [4.78, 5) is 24.8. The Morgan fingerprint density at radius 1 is 1.11 bits per heavy atom. The van der Waals surface area contributed by atoms with Gasteiger partial charge in [-0.2, -0.15) is 5.26 Å². The van der Waals surface area contributed by atoms with Gasteiger partial charge in [-0.15, -0.1) is 0 Å². The van der Waals surface area contributed by atoms with Gasteiger partial charge in [0.2, 0.25) is 0 Å². The van der Waals surface area contributed by atoms with Gasteiger partial charge in [-0.05, 0) is 43.2 Å². The molecular weight excluding hydrogens is 347 g/mol. The molecule has 27 heavy (non-hydrogen) atoms. The first-order valence-electron chi connectivity index (χ1n) is 8.77. The third kappa shape index (κ3) is 3.98. The predicted molar refractivity (Wildman–Crippen MR) is 97.3 cm³/mol. The van der Waals surface area contributed by atoms with Crippen LogP contribution in [0.15, 0.2) is 48.5 Å². The maximum Gasteiger partial charge on any atom is 0.317 e. The Morgan fingerprint density at radius 2 is 1.78 bits per heavy atom. The van der Waals surface area contributed by atoms with Crippen LogP contribution in [-0.4, -0.2) is 18.5 Å². The molecule has 0 aliphatic heterocycles. The zero-order chi connectivity index (χ0) is 19.3. The van der Waals surface area contributed by atoms with E-state index in [-0.39, 0.29) is 0 Å². The molecular formula is C21H19FN2O3. The Bertz CT molecular complexity index is 881. The number of hydrogen-bond donors (Lipinski definition) is 1. The summed E-state index contributed by atoms with van der Waals surface area (Å²) in [5, 5.41) is 11.4. The summed E-state index contributed by atoms with van der Waals surface area (Å²) in [5.41, 5.74) is 0.285. The number of benzene rings is 2. The smallest absolute Gasteiger partial charge is 0.317 e. The molecule has 2 aromatic carbocycles. The lowest BCUT2D eigenvalue weighted by Crippen LogP contribution is -2.37. The maximum atomic E-state index is 14.3. The molecule has 1 aliphatic rings. The van der Waals surface area contributed by atoms with Crippen molar-refractivity contribution >= 4 is 17.6 Å². The molecule has 0 bridgehead atoms. The second-order valence-corrected chi connectivity index (χ2v) is 6.58. The van der Waals surface area contributed by atoms with Crippen LogP contribution in [0.2, 0.25) is 0 Å². The standard InChI is InChI=1S/C21H19FN2O3/c22-18-6-2-1-5-17(18)21(11-3-4-12-21)20(26)27-14-19(25)24-16-9-7-15(13-23)8-10-16/h1-2,5-10H,3-4,11-12,14H2,(H,24,25). The first kappa shape index (κ1) is 18.6. The van der Waals surface area contributed by atoms with E-state index in [1.807, 2.05) is 6.07 Å². The second kappa shape index (κ2) is 8.00. The Morgan fingerprint density at radius 3 is 2.41 bits per heavy atom. The number of nitrogens with zero attached hydrogens (tertiary/aromatic N) is 1. The number of rotatable bonds is 5. The van der Waals surface area contributed by atoms with Crippen LogP contribution >= 0.6 is 0 Å². The van der Waals surface area contributed by atoms with Gasteiger partial charge in [0.25, 0.3) is 5.91 Å². The van der Waals surface area contributed by atoms with E-state index in [1.54, 1.807) is 42.5 Å². The van der Waals surface area contributed by atoms with Gasteiger partial charge in [-0.1, -0.05) is 31.0 Å². The summed E-state index contributed by atoms with van der Waals surface area (Å²) in [6.45, 7) is -0.449. The number of esters is 1. The van der Waals surface area contributed by atoms with E-state index in [9.17, 15) is 14.0 Å². The summed E-state index contributed by atoms with van der Waals surface area (Å²) in [6.07, 6.45) is 2.62. The lowest BCUT2D eigenvalue weighted by molar-refractivity contribution is -0.153. The number of hydrogen-bond acceptors (Lipinski definition) is 4. The van der Waals surface area contributed by atoms with E-state index in [1.165, 1.54) is 6.07 Å². The SMILES string of the molecule is N#Cc1ccc(NC(=O)COC(=O)C2(c3ccccc3F)CCCC2)cc1. The molecule has 5 nitrogen and oxygen atoms in total. The molecule has 6 heteroatoms. The van der Waals surface area contributed by atoms with Gasteiger partial charge < -0.3 is 10.1 Å². The highest BCUT2D eigenvalue weighted by molar-refractivity contribution is 5.94. The van der Waals surface area contributed by atoms with Crippen molar-refractivity contribution in [3.63, 3.8) is 0 Å². The molecule has 0 unspecified atom stereocenters. The monoisotopic (exact) mass is 366 g/mol.